The second kappa shape index (κ2) is 17.0. The summed E-state index contributed by atoms with van der Waals surface area (Å²) in [5, 5.41) is 19.9. The summed E-state index contributed by atoms with van der Waals surface area (Å²) in [6, 6.07) is 0. The standard InChI is InChI=1S/C26H48O6/c1-2-3-4-5-6-7-8-9-10-11-12-13-14-15-16-17-18-29-24-23(28)21-30-25(24)26(22-27)31-19-20-32-26/h9-10,23-25,27-28H,2-8,11-22H2,1H3/b10-9-/t23-,24+,25-/m0/s1. The lowest BCUT2D eigenvalue weighted by atomic mass is 10.0. The molecule has 0 unspecified atom stereocenters. The largest absolute Gasteiger partial charge is 0.391 e. The Morgan fingerprint density at radius 1 is 0.844 bits per heavy atom. The van der Waals surface area contributed by atoms with Gasteiger partial charge in [0, 0.05) is 6.61 Å². The van der Waals surface area contributed by atoms with Gasteiger partial charge in [-0.1, -0.05) is 76.9 Å². The number of ether oxygens (including phenoxy) is 4. The molecule has 6 nitrogen and oxygen atoms in total. The molecule has 6 heteroatoms. The smallest absolute Gasteiger partial charge is 0.221 e. The van der Waals surface area contributed by atoms with Crippen molar-refractivity contribution >= 4 is 0 Å². The Labute approximate surface area is 195 Å². The van der Waals surface area contributed by atoms with E-state index in [9.17, 15) is 10.2 Å². The molecule has 2 saturated heterocycles. The number of hydrogen-bond acceptors (Lipinski definition) is 6. The Morgan fingerprint density at radius 2 is 1.41 bits per heavy atom. The van der Waals surface area contributed by atoms with E-state index in [0.29, 0.717) is 19.8 Å². The molecule has 0 aliphatic carbocycles. The molecule has 2 N–H and O–H groups in total. The number of aliphatic hydroxyl groups excluding tert-OH is 2. The van der Waals surface area contributed by atoms with Gasteiger partial charge in [-0.05, 0) is 32.1 Å². The third-order valence-electron chi connectivity index (χ3n) is 6.52. The van der Waals surface area contributed by atoms with E-state index in [1.54, 1.807) is 0 Å². The molecule has 2 aliphatic rings. The highest BCUT2D eigenvalue weighted by atomic mass is 16.8. The third-order valence-corrected chi connectivity index (χ3v) is 6.52. The van der Waals surface area contributed by atoms with Crippen molar-refractivity contribution in [3.8, 4) is 0 Å². The van der Waals surface area contributed by atoms with Crippen LogP contribution in [0.25, 0.3) is 0 Å². The first-order chi connectivity index (χ1) is 15.7. The molecule has 2 rings (SSSR count). The summed E-state index contributed by atoms with van der Waals surface area (Å²) >= 11 is 0. The quantitative estimate of drug-likeness (QED) is 0.213. The molecular weight excluding hydrogens is 408 g/mol. The Kier molecular flexibility index (Phi) is 14.7. The van der Waals surface area contributed by atoms with Gasteiger partial charge >= 0.3 is 0 Å². The summed E-state index contributed by atoms with van der Waals surface area (Å²) in [5.74, 6) is -1.20. The van der Waals surface area contributed by atoms with Crippen molar-refractivity contribution in [2.75, 3.05) is 33.0 Å². The van der Waals surface area contributed by atoms with Crippen LogP contribution in [-0.4, -0.2) is 67.3 Å². The molecular formula is C26H48O6. The Bertz CT molecular complexity index is 477. The van der Waals surface area contributed by atoms with Crippen molar-refractivity contribution in [3.05, 3.63) is 12.2 Å². The normalized spacial score (nSPS) is 25.3. The fourth-order valence-corrected chi connectivity index (χ4v) is 4.55. The first kappa shape index (κ1) is 27.7. The minimum Gasteiger partial charge on any atom is -0.391 e. The van der Waals surface area contributed by atoms with Crippen LogP contribution in [0, 0.1) is 0 Å². The monoisotopic (exact) mass is 456 g/mol. The Morgan fingerprint density at radius 3 is 2.00 bits per heavy atom. The minimum atomic E-state index is -1.20. The molecule has 0 aromatic heterocycles. The van der Waals surface area contributed by atoms with Crippen LogP contribution in [0.3, 0.4) is 0 Å². The zero-order valence-electron chi connectivity index (χ0n) is 20.3. The lowest BCUT2D eigenvalue weighted by Gasteiger charge is -2.34. The summed E-state index contributed by atoms with van der Waals surface area (Å²) < 4.78 is 22.8. The predicted molar refractivity (Wildman–Crippen MR) is 127 cm³/mol. The summed E-state index contributed by atoms with van der Waals surface area (Å²) in [6.45, 7) is 3.54. The maximum Gasteiger partial charge on any atom is 0.221 e. The van der Waals surface area contributed by atoms with Gasteiger partial charge in [-0.2, -0.15) is 0 Å². The molecule has 0 amide bonds. The fraction of sp³-hybridized carbons (Fsp3) is 0.923. The number of rotatable bonds is 19. The van der Waals surface area contributed by atoms with Crippen molar-refractivity contribution in [2.45, 2.75) is 121 Å². The van der Waals surface area contributed by atoms with Gasteiger partial charge in [-0.25, -0.2) is 0 Å². The van der Waals surface area contributed by atoms with Crippen LogP contribution in [0.5, 0.6) is 0 Å². The second-order valence-electron chi connectivity index (χ2n) is 9.26. The average molecular weight is 457 g/mol. The molecule has 2 aliphatic heterocycles. The highest BCUT2D eigenvalue weighted by Gasteiger charge is 2.54. The lowest BCUT2D eigenvalue weighted by molar-refractivity contribution is -0.258. The van der Waals surface area contributed by atoms with E-state index in [-0.39, 0.29) is 13.2 Å². The van der Waals surface area contributed by atoms with E-state index in [2.05, 4.69) is 19.1 Å². The molecule has 0 bridgehead atoms. The Hall–Kier alpha value is -0.500. The summed E-state index contributed by atoms with van der Waals surface area (Å²) in [5.41, 5.74) is 0. The molecule has 0 radical (unpaired) electrons. The first-order valence-electron chi connectivity index (χ1n) is 13.2. The number of unbranched alkanes of at least 4 members (excludes halogenated alkanes) is 12. The SMILES string of the molecule is CCCCCCCC/C=C\CCCCCCCCO[C@@H]1[C@@H](O)CO[C@@H]1C1(CO)OCCO1. The van der Waals surface area contributed by atoms with Crippen molar-refractivity contribution < 1.29 is 29.2 Å². The molecule has 2 heterocycles. The molecule has 0 aromatic rings. The third kappa shape index (κ3) is 9.78. The number of aliphatic hydroxyl groups is 2. The maximum atomic E-state index is 10.2. The summed E-state index contributed by atoms with van der Waals surface area (Å²) in [4.78, 5) is 0. The van der Waals surface area contributed by atoms with Crippen molar-refractivity contribution in [2.24, 2.45) is 0 Å². The maximum absolute atomic E-state index is 10.2. The number of allylic oxidation sites excluding steroid dienone is 2. The van der Waals surface area contributed by atoms with E-state index < -0.39 is 24.1 Å². The van der Waals surface area contributed by atoms with Crippen molar-refractivity contribution in [3.63, 3.8) is 0 Å². The predicted octanol–water partition coefficient (Wildman–Crippen LogP) is 4.90. The van der Waals surface area contributed by atoms with Crippen LogP contribution in [0.2, 0.25) is 0 Å². The van der Waals surface area contributed by atoms with E-state index in [1.165, 1.54) is 77.0 Å². The van der Waals surface area contributed by atoms with Crippen molar-refractivity contribution in [1.29, 1.82) is 0 Å². The zero-order valence-corrected chi connectivity index (χ0v) is 20.3. The molecule has 3 atom stereocenters. The van der Waals surface area contributed by atoms with Gasteiger partial charge in [-0.3, -0.25) is 0 Å². The van der Waals surface area contributed by atoms with Gasteiger partial charge in [0.05, 0.1) is 19.8 Å². The molecule has 188 valence electrons. The fourth-order valence-electron chi connectivity index (χ4n) is 4.55. The van der Waals surface area contributed by atoms with E-state index in [0.717, 1.165) is 12.8 Å². The van der Waals surface area contributed by atoms with Gasteiger partial charge in [0.15, 0.2) is 0 Å². The molecule has 2 fully saturated rings. The zero-order chi connectivity index (χ0) is 22.9. The average Bonchev–Trinajstić information content (AvgIpc) is 3.43. The van der Waals surface area contributed by atoms with Gasteiger partial charge in [0.2, 0.25) is 5.79 Å². The van der Waals surface area contributed by atoms with Crippen LogP contribution in [0.15, 0.2) is 12.2 Å². The van der Waals surface area contributed by atoms with Crippen molar-refractivity contribution in [1.82, 2.24) is 0 Å². The van der Waals surface area contributed by atoms with E-state index in [4.69, 9.17) is 18.9 Å². The summed E-state index contributed by atoms with van der Waals surface area (Å²) in [6.07, 6.45) is 20.7. The second-order valence-corrected chi connectivity index (χ2v) is 9.26. The van der Waals surface area contributed by atoms with Gasteiger partial charge in [0.25, 0.3) is 0 Å². The van der Waals surface area contributed by atoms with Gasteiger partial charge < -0.3 is 29.2 Å². The topological polar surface area (TPSA) is 77.4 Å². The van der Waals surface area contributed by atoms with E-state index in [1.807, 2.05) is 0 Å². The molecule has 0 aromatic carbocycles. The first-order valence-corrected chi connectivity index (χ1v) is 13.2. The van der Waals surface area contributed by atoms with Gasteiger partial charge in [0.1, 0.15) is 24.9 Å². The van der Waals surface area contributed by atoms with Crippen LogP contribution in [0.1, 0.15) is 96.8 Å². The van der Waals surface area contributed by atoms with Gasteiger partial charge in [-0.15, -0.1) is 0 Å². The van der Waals surface area contributed by atoms with E-state index >= 15 is 0 Å². The highest BCUT2D eigenvalue weighted by molar-refractivity contribution is 4.96. The van der Waals surface area contributed by atoms with Crippen LogP contribution in [0.4, 0.5) is 0 Å². The molecule has 0 spiro atoms. The minimum absolute atomic E-state index is 0.178. The summed E-state index contributed by atoms with van der Waals surface area (Å²) in [7, 11) is 0. The van der Waals surface area contributed by atoms with Crippen LogP contribution in [-0.2, 0) is 18.9 Å². The van der Waals surface area contributed by atoms with Crippen LogP contribution >= 0.6 is 0 Å². The molecule has 0 saturated carbocycles. The lowest BCUT2D eigenvalue weighted by Crippen LogP contribution is -2.53. The number of hydrogen-bond donors (Lipinski definition) is 2. The van der Waals surface area contributed by atoms with Crippen LogP contribution < -0.4 is 0 Å². The Balaban J connectivity index is 1.42. The highest BCUT2D eigenvalue weighted by Crippen LogP contribution is 2.33. The molecule has 32 heavy (non-hydrogen) atoms.